The highest BCUT2D eigenvalue weighted by molar-refractivity contribution is 9.11. The Kier molecular flexibility index (Phi) is 5.50. The maximum atomic E-state index is 11.7. The maximum Gasteiger partial charge on any atom is 0.323 e. The van der Waals surface area contributed by atoms with Gasteiger partial charge in [0.25, 0.3) is 0 Å². The molecule has 0 aromatic heterocycles. The monoisotopic (exact) mass is 292 g/mol. The predicted molar refractivity (Wildman–Crippen MR) is 65.6 cm³/mol. The Balaban J connectivity index is 4.57. The third-order valence-electron chi connectivity index (χ3n) is 1.78. The second kappa shape index (κ2) is 5.89. The van der Waals surface area contributed by atoms with Crippen LogP contribution in [0.5, 0.6) is 0 Å². The van der Waals surface area contributed by atoms with E-state index in [-0.39, 0.29) is 13.1 Å². The van der Waals surface area contributed by atoms with Crippen LogP contribution in [0.4, 0.5) is 4.79 Å². The Morgan fingerprint density at radius 1 is 1.44 bits per heavy atom. The lowest BCUT2D eigenvalue weighted by molar-refractivity contribution is -0.138. The van der Waals surface area contributed by atoms with Gasteiger partial charge in [0.2, 0.25) is 0 Å². The Hall–Kier alpha value is -1.04. The summed E-state index contributed by atoms with van der Waals surface area (Å²) >= 11 is 3.11. The minimum absolute atomic E-state index is 0.269. The summed E-state index contributed by atoms with van der Waals surface area (Å²) < 4.78 is 0.630. The molecule has 0 saturated carbocycles. The first-order chi connectivity index (χ1) is 7.14. The van der Waals surface area contributed by atoms with E-state index >= 15 is 0 Å². The average Bonchev–Trinajstić information content (AvgIpc) is 2.08. The SMILES string of the molecule is C=C(Br)CNC(=O)N(CC(=O)O)C(C)(C)C. The van der Waals surface area contributed by atoms with Crippen molar-refractivity contribution in [3.63, 3.8) is 0 Å². The normalized spacial score (nSPS) is 10.8. The van der Waals surface area contributed by atoms with E-state index in [9.17, 15) is 9.59 Å². The summed E-state index contributed by atoms with van der Waals surface area (Å²) in [5.74, 6) is -1.04. The van der Waals surface area contributed by atoms with Crippen LogP contribution >= 0.6 is 15.9 Å². The van der Waals surface area contributed by atoms with E-state index in [0.717, 1.165) is 0 Å². The smallest absolute Gasteiger partial charge is 0.323 e. The lowest BCUT2D eigenvalue weighted by Gasteiger charge is -2.34. The van der Waals surface area contributed by atoms with Gasteiger partial charge in [0.1, 0.15) is 6.54 Å². The molecule has 92 valence electrons. The van der Waals surface area contributed by atoms with Gasteiger partial charge in [-0.05, 0) is 20.8 Å². The highest BCUT2D eigenvalue weighted by Gasteiger charge is 2.28. The van der Waals surface area contributed by atoms with Crippen molar-refractivity contribution in [2.75, 3.05) is 13.1 Å². The molecule has 0 heterocycles. The van der Waals surface area contributed by atoms with Gasteiger partial charge in [-0.1, -0.05) is 22.5 Å². The van der Waals surface area contributed by atoms with E-state index in [4.69, 9.17) is 5.11 Å². The van der Waals surface area contributed by atoms with E-state index in [1.54, 1.807) is 20.8 Å². The molecule has 0 aliphatic carbocycles. The second-order valence-electron chi connectivity index (χ2n) is 4.33. The Bertz CT molecular complexity index is 297. The molecule has 0 saturated heterocycles. The summed E-state index contributed by atoms with van der Waals surface area (Å²) in [7, 11) is 0. The molecule has 0 aromatic rings. The molecular weight excluding hydrogens is 276 g/mol. The molecule has 0 aromatic carbocycles. The number of hydrogen-bond acceptors (Lipinski definition) is 2. The van der Waals surface area contributed by atoms with Crippen LogP contribution in [0.3, 0.4) is 0 Å². The molecule has 2 N–H and O–H groups in total. The molecule has 0 radical (unpaired) electrons. The van der Waals surface area contributed by atoms with Gasteiger partial charge in [0.15, 0.2) is 0 Å². The van der Waals surface area contributed by atoms with Crippen molar-refractivity contribution in [1.29, 1.82) is 0 Å². The molecule has 6 heteroatoms. The first kappa shape index (κ1) is 15.0. The van der Waals surface area contributed by atoms with Crippen molar-refractivity contribution < 1.29 is 14.7 Å². The van der Waals surface area contributed by atoms with Gasteiger partial charge < -0.3 is 15.3 Å². The summed E-state index contributed by atoms with van der Waals surface area (Å²) in [5, 5.41) is 11.3. The van der Waals surface area contributed by atoms with Crippen molar-refractivity contribution in [1.82, 2.24) is 10.2 Å². The van der Waals surface area contributed by atoms with E-state index < -0.39 is 17.5 Å². The largest absolute Gasteiger partial charge is 0.480 e. The summed E-state index contributed by atoms with van der Waals surface area (Å²) in [4.78, 5) is 23.6. The molecule has 16 heavy (non-hydrogen) atoms. The number of carboxylic acid groups (broad SMARTS) is 1. The molecule has 2 amide bonds. The second-order valence-corrected chi connectivity index (χ2v) is 5.45. The fourth-order valence-electron chi connectivity index (χ4n) is 1.02. The number of carbonyl (C=O) groups is 2. The minimum Gasteiger partial charge on any atom is -0.480 e. The number of nitrogens with one attached hydrogen (secondary N) is 1. The zero-order valence-corrected chi connectivity index (χ0v) is 11.3. The Morgan fingerprint density at radius 2 is 1.94 bits per heavy atom. The van der Waals surface area contributed by atoms with E-state index in [2.05, 4.69) is 27.8 Å². The van der Waals surface area contributed by atoms with E-state index in [0.29, 0.717) is 4.48 Å². The molecule has 0 fully saturated rings. The topological polar surface area (TPSA) is 69.6 Å². The van der Waals surface area contributed by atoms with Crippen LogP contribution in [0.25, 0.3) is 0 Å². The Morgan fingerprint density at radius 3 is 2.25 bits per heavy atom. The van der Waals surface area contributed by atoms with Crippen molar-refractivity contribution in [3.05, 3.63) is 11.1 Å². The summed E-state index contributed by atoms with van der Waals surface area (Å²) in [6.07, 6.45) is 0. The zero-order chi connectivity index (χ0) is 12.9. The third-order valence-corrected chi connectivity index (χ3v) is 2.06. The number of urea groups is 1. The molecule has 0 aliphatic heterocycles. The standard InChI is InChI=1S/C10H17BrN2O3/c1-7(11)5-12-9(16)13(6-8(14)15)10(2,3)4/h1,5-6H2,2-4H3,(H,12,16)(H,14,15). The van der Waals surface area contributed by atoms with Crippen LogP contribution in [0.2, 0.25) is 0 Å². The highest BCUT2D eigenvalue weighted by atomic mass is 79.9. The number of aliphatic carboxylic acids is 1. The first-order valence-electron chi connectivity index (χ1n) is 4.75. The molecule has 5 nitrogen and oxygen atoms in total. The molecule has 0 rings (SSSR count). The molecule has 0 spiro atoms. The molecule has 0 bridgehead atoms. The lowest BCUT2D eigenvalue weighted by Crippen LogP contribution is -2.52. The molecule has 0 unspecified atom stereocenters. The number of halogens is 1. The van der Waals surface area contributed by atoms with Gasteiger partial charge in [-0.3, -0.25) is 4.79 Å². The van der Waals surface area contributed by atoms with Crippen LogP contribution in [-0.4, -0.2) is 40.6 Å². The number of nitrogens with zero attached hydrogens (tertiary/aromatic N) is 1. The fraction of sp³-hybridized carbons (Fsp3) is 0.600. The summed E-state index contributed by atoms with van der Waals surface area (Å²) in [6.45, 7) is 8.85. The van der Waals surface area contributed by atoms with Crippen molar-refractivity contribution >= 4 is 27.9 Å². The predicted octanol–water partition coefficient (Wildman–Crippen LogP) is 1.79. The van der Waals surface area contributed by atoms with Gasteiger partial charge in [-0.25, -0.2) is 4.79 Å². The number of rotatable bonds is 4. The third kappa shape index (κ3) is 5.75. The highest BCUT2D eigenvalue weighted by Crippen LogP contribution is 2.13. The van der Waals surface area contributed by atoms with Crippen LogP contribution in [0, 0.1) is 0 Å². The van der Waals surface area contributed by atoms with E-state index in [1.165, 1.54) is 4.90 Å². The van der Waals surface area contributed by atoms with Crippen molar-refractivity contribution in [2.45, 2.75) is 26.3 Å². The Labute approximate surface area is 104 Å². The number of carbonyl (C=O) groups excluding carboxylic acids is 1. The number of amides is 2. The lowest BCUT2D eigenvalue weighted by atomic mass is 10.1. The van der Waals surface area contributed by atoms with Gasteiger partial charge in [-0.15, -0.1) is 0 Å². The first-order valence-corrected chi connectivity index (χ1v) is 5.54. The van der Waals surface area contributed by atoms with Crippen LogP contribution in [0.1, 0.15) is 20.8 Å². The molecular formula is C10H17BrN2O3. The summed E-state index contributed by atoms with van der Waals surface area (Å²) in [6, 6.07) is -0.421. The van der Waals surface area contributed by atoms with Crippen LogP contribution in [-0.2, 0) is 4.79 Å². The van der Waals surface area contributed by atoms with Gasteiger partial charge in [0, 0.05) is 10.0 Å². The molecule has 0 atom stereocenters. The molecule has 0 aliphatic rings. The van der Waals surface area contributed by atoms with E-state index in [1.807, 2.05) is 0 Å². The van der Waals surface area contributed by atoms with Crippen molar-refractivity contribution in [2.24, 2.45) is 0 Å². The number of carboxylic acids is 1. The van der Waals surface area contributed by atoms with Gasteiger partial charge >= 0.3 is 12.0 Å². The quantitative estimate of drug-likeness (QED) is 0.830. The van der Waals surface area contributed by atoms with Gasteiger partial charge in [-0.2, -0.15) is 0 Å². The zero-order valence-electron chi connectivity index (χ0n) is 9.71. The summed E-state index contributed by atoms with van der Waals surface area (Å²) in [5.41, 5.74) is -0.546. The maximum absolute atomic E-state index is 11.7. The average molecular weight is 293 g/mol. The fourth-order valence-corrected chi connectivity index (χ4v) is 1.16. The van der Waals surface area contributed by atoms with Crippen molar-refractivity contribution in [3.8, 4) is 0 Å². The number of hydrogen-bond donors (Lipinski definition) is 2. The van der Waals surface area contributed by atoms with Crippen LogP contribution in [0.15, 0.2) is 11.1 Å². The van der Waals surface area contributed by atoms with Crippen LogP contribution < -0.4 is 5.32 Å². The van der Waals surface area contributed by atoms with Gasteiger partial charge in [0.05, 0.1) is 6.54 Å². The minimum atomic E-state index is -1.04.